The van der Waals surface area contributed by atoms with Gasteiger partial charge in [0.2, 0.25) is 0 Å². The number of hydrogen-bond acceptors (Lipinski definition) is 5. The van der Waals surface area contributed by atoms with Gasteiger partial charge in [-0.25, -0.2) is 9.97 Å². The zero-order chi connectivity index (χ0) is 10.1. The van der Waals surface area contributed by atoms with Gasteiger partial charge in [-0.3, -0.25) is 0 Å². The molecule has 0 aliphatic rings. The van der Waals surface area contributed by atoms with Crippen LogP contribution in [0.4, 0.5) is 11.6 Å². The summed E-state index contributed by atoms with van der Waals surface area (Å²) < 4.78 is 0. The first-order valence-corrected chi connectivity index (χ1v) is 4.13. The maximum atomic E-state index is 8.92. The van der Waals surface area contributed by atoms with Crippen LogP contribution in [0.5, 0.6) is 0 Å². The van der Waals surface area contributed by atoms with E-state index in [4.69, 9.17) is 16.6 Å². The van der Waals surface area contributed by atoms with Crippen molar-refractivity contribution in [3.05, 3.63) is 23.8 Å². The average molecular weight is 190 g/mol. The summed E-state index contributed by atoms with van der Waals surface area (Å²) in [5.41, 5.74) is 13.1. The molecule has 1 aromatic carbocycles. The number of nitrogen functional groups attached to an aromatic ring is 2. The Labute approximate surface area is 80.4 Å². The number of hydrogen-bond donors (Lipinski definition) is 3. The van der Waals surface area contributed by atoms with E-state index in [0.717, 1.165) is 5.56 Å². The highest BCUT2D eigenvalue weighted by Crippen LogP contribution is 2.17. The number of anilines is 2. The summed E-state index contributed by atoms with van der Waals surface area (Å²) in [5.74, 6) is 0.446. The summed E-state index contributed by atoms with van der Waals surface area (Å²) in [4.78, 5) is 8.12. The Balaban J connectivity index is 2.70. The second kappa shape index (κ2) is 3.12. The fourth-order valence-corrected chi connectivity index (χ4v) is 1.23. The van der Waals surface area contributed by atoms with Crippen molar-refractivity contribution in [1.29, 1.82) is 0 Å². The molecule has 0 fully saturated rings. The summed E-state index contributed by atoms with van der Waals surface area (Å²) in [7, 11) is 0. The molecule has 72 valence electrons. The number of rotatable bonds is 1. The van der Waals surface area contributed by atoms with Gasteiger partial charge in [0, 0.05) is 0 Å². The SMILES string of the molecule is Nc1nc2ccc(CO)cc2nc1N. The van der Waals surface area contributed by atoms with Crippen LogP contribution in [0.3, 0.4) is 0 Å². The van der Waals surface area contributed by atoms with Gasteiger partial charge in [-0.05, 0) is 17.7 Å². The minimum atomic E-state index is -0.0259. The molecule has 0 aliphatic carbocycles. The summed E-state index contributed by atoms with van der Waals surface area (Å²) in [6.07, 6.45) is 0. The Morgan fingerprint density at radius 3 is 2.36 bits per heavy atom. The van der Waals surface area contributed by atoms with Gasteiger partial charge in [0.05, 0.1) is 17.6 Å². The number of fused-ring (bicyclic) bond motifs is 1. The van der Waals surface area contributed by atoms with E-state index in [0.29, 0.717) is 11.0 Å². The van der Waals surface area contributed by atoms with Gasteiger partial charge < -0.3 is 16.6 Å². The molecule has 0 spiro atoms. The number of nitrogens with zero attached hydrogens (tertiary/aromatic N) is 2. The first kappa shape index (κ1) is 8.71. The fraction of sp³-hybridized carbons (Fsp3) is 0.111. The van der Waals surface area contributed by atoms with Crippen molar-refractivity contribution in [2.45, 2.75) is 6.61 Å². The lowest BCUT2D eigenvalue weighted by atomic mass is 10.2. The Morgan fingerprint density at radius 2 is 1.71 bits per heavy atom. The Bertz CT molecular complexity index is 483. The minimum Gasteiger partial charge on any atom is -0.392 e. The van der Waals surface area contributed by atoms with Crippen LogP contribution in [0, 0.1) is 0 Å². The molecule has 0 saturated heterocycles. The molecule has 0 bridgehead atoms. The van der Waals surface area contributed by atoms with Crippen LogP contribution < -0.4 is 11.5 Å². The second-order valence-electron chi connectivity index (χ2n) is 2.98. The first-order valence-electron chi connectivity index (χ1n) is 4.13. The molecule has 0 saturated carbocycles. The van der Waals surface area contributed by atoms with E-state index in [1.807, 2.05) is 0 Å². The Morgan fingerprint density at radius 1 is 1.07 bits per heavy atom. The highest BCUT2D eigenvalue weighted by Gasteiger charge is 2.02. The largest absolute Gasteiger partial charge is 0.392 e. The number of benzene rings is 1. The molecule has 5 N–H and O–H groups in total. The van der Waals surface area contributed by atoms with Gasteiger partial charge in [-0.2, -0.15) is 0 Å². The van der Waals surface area contributed by atoms with Gasteiger partial charge in [0.15, 0.2) is 11.6 Å². The van der Waals surface area contributed by atoms with Crippen molar-refractivity contribution in [1.82, 2.24) is 9.97 Å². The highest BCUT2D eigenvalue weighted by atomic mass is 16.3. The van der Waals surface area contributed by atoms with E-state index in [1.54, 1.807) is 18.2 Å². The quantitative estimate of drug-likeness (QED) is 0.600. The number of aliphatic hydroxyl groups is 1. The summed E-state index contributed by atoms with van der Waals surface area (Å²) in [6, 6.07) is 5.26. The van der Waals surface area contributed by atoms with Crippen LogP contribution in [-0.4, -0.2) is 15.1 Å². The molecule has 14 heavy (non-hydrogen) atoms. The van der Waals surface area contributed by atoms with Gasteiger partial charge in [0.1, 0.15) is 0 Å². The van der Waals surface area contributed by atoms with Gasteiger partial charge in [-0.1, -0.05) is 6.07 Å². The molecule has 0 radical (unpaired) electrons. The maximum absolute atomic E-state index is 8.92. The minimum absolute atomic E-state index is 0.0259. The third-order valence-corrected chi connectivity index (χ3v) is 1.97. The van der Waals surface area contributed by atoms with E-state index < -0.39 is 0 Å². The van der Waals surface area contributed by atoms with E-state index >= 15 is 0 Å². The standard InChI is InChI=1S/C9H10N4O/c10-8-9(11)13-7-3-5(4-14)1-2-6(7)12-8/h1-3,14H,4H2,(H2,10,12)(H2,11,13). The van der Waals surface area contributed by atoms with Crippen molar-refractivity contribution in [3.8, 4) is 0 Å². The third kappa shape index (κ3) is 1.33. The van der Waals surface area contributed by atoms with Gasteiger partial charge in [-0.15, -0.1) is 0 Å². The van der Waals surface area contributed by atoms with Crippen LogP contribution in [0.1, 0.15) is 5.56 Å². The first-order chi connectivity index (χ1) is 6.70. The lowest BCUT2D eigenvalue weighted by Gasteiger charge is -2.02. The molecular weight excluding hydrogens is 180 g/mol. The van der Waals surface area contributed by atoms with Gasteiger partial charge >= 0.3 is 0 Å². The van der Waals surface area contributed by atoms with Crippen molar-refractivity contribution in [2.24, 2.45) is 0 Å². The van der Waals surface area contributed by atoms with Crippen molar-refractivity contribution in [3.63, 3.8) is 0 Å². The predicted octanol–water partition coefficient (Wildman–Crippen LogP) is 0.286. The molecule has 5 nitrogen and oxygen atoms in total. The van der Waals surface area contributed by atoms with E-state index in [-0.39, 0.29) is 18.2 Å². The third-order valence-electron chi connectivity index (χ3n) is 1.97. The molecule has 5 heteroatoms. The number of aromatic nitrogens is 2. The van der Waals surface area contributed by atoms with Crippen LogP contribution in [0.2, 0.25) is 0 Å². The summed E-state index contributed by atoms with van der Waals surface area (Å²) >= 11 is 0. The van der Waals surface area contributed by atoms with E-state index in [1.165, 1.54) is 0 Å². The monoisotopic (exact) mass is 190 g/mol. The molecule has 0 aliphatic heterocycles. The summed E-state index contributed by atoms with van der Waals surface area (Å²) in [5, 5.41) is 8.92. The second-order valence-corrected chi connectivity index (χ2v) is 2.98. The fourth-order valence-electron chi connectivity index (χ4n) is 1.23. The topological polar surface area (TPSA) is 98.0 Å². The Hall–Kier alpha value is -1.88. The predicted molar refractivity (Wildman–Crippen MR) is 54.3 cm³/mol. The van der Waals surface area contributed by atoms with Crippen molar-refractivity contribution in [2.75, 3.05) is 11.5 Å². The van der Waals surface area contributed by atoms with Crippen LogP contribution >= 0.6 is 0 Å². The van der Waals surface area contributed by atoms with E-state index in [2.05, 4.69) is 9.97 Å². The molecule has 0 unspecified atom stereocenters. The molecule has 0 atom stereocenters. The Kier molecular flexibility index (Phi) is 1.94. The number of aliphatic hydroxyl groups excluding tert-OH is 1. The molecular formula is C9H10N4O. The molecule has 1 aromatic heterocycles. The van der Waals surface area contributed by atoms with Gasteiger partial charge in [0.25, 0.3) is 0 Å². The summed E-state index contributed by atoms with van der Waals surface area (Å²) in [6.45, 7) is -0.0259. The lowest BCUT2D eigenvalue weighted by Crippen LogP contribution is -2.01. The highest BCUT2D eigenvalue weighted by molar-refractivity contribution is 5.79. The molecule has 1 heterocycles. The van der Waals surface area contributed by atoms with Crippen LogP contribution in [0.15, 0.2) is 18.2 Å². The zero-order valence-corrected chi connectivity index (χ0v) is 7.44. The molecule has 2 aromatic rings. The van der Waals surface area contributed by atoms with E-state index in [9.17, 15) is 0 Å². The number of nitrogens with two attached hydrogens (primary N) is 2. The normalized spacial score (nSPS) is 10.6. The van der Waals surface area contributed by atoms with Crippen molar-refractivity contribution < 1.29 is 5.11 Å². The zero-order valence-electron chi connectivity index (χ0n) is 7.44. The molecule has 2 rings (SSSR count). The maximum Gasteiger partial charge on any atom is 0.166 e. The smallest absolute Gasteiger partial charge is 0.166 e. The molecule has 0 amide bonds. The van der Waals surface area contributed by atoms with Crippen molar-refractivity contribution >= 4 is 22.7 Å². The average Bonchev–Trinajstić information content (AvgIpc) is 2.19. The van der Waals surface area contributed by atoms with Crippen LogP contribution in [0.25, 0.3) is 11.0 Å². The lowest BCUT2D eigenvalue weighted by molar-refractivity contribution is 0.282. The van der Waals surface area contributed by atoms with Crippen LogP contribution in [-0.2, 0) is 6.61 Å².